The molecule has 2 aliphatic rings. The highest BCUT2D eigenvalue weighted by Gasteiger charge is 2.44. The molecule has 2 heteroatoms. The molecule has 1 aromatic rings. The number of nitrogens with one attached hydrogen (secondary N) is 1. The lowest BCUT2D eigenvalue weighted by Gasteiger charge is -2.36. The fourth-order valence-corrected chi connectivity index (χ4v) is 2.64. The molecule has 2 aliphatic heterocycles. The number of hydrogen-bond acceptors (Lipinski definition) is 2. The van der Waals surface area contributed by atoms with Gasteiger partial charge in [-0.15, -0.1) is 0 Å². The fraction of sp³-hybridized carbons (Fsp3) is 0.500. The first-order valence-electron chi connectivity index (χ1n) is 5.22. The zero-order valence-corrected chi connectivity index (χ0v) is 8.42. The molecule has 2 nitrogen and oxygen atoms in total. The summed E-state index contributed by atoms with van der Waals surface area (Å²) in [6.07, 6.45) is 0. The van der Waals surface area contributed by atoms with Gasteiger partial charge >= 0.3 is 0 Å². The molecule has 1 aromatic carbocycles. The van der Waals surface area contributed by atoms with Gasteiger partial charge in [0.2, 0.25) is 0 Å². The van der Waals surface area contributed by atoms with Gasteiger partial charge in [0, 0.05) is 19.0 Å². The average Bonchev–Trinajstić information content (AvgIpc) is 2.60. The molecule has 1 saturated heterocycles. The highest BCUT2D eigenvalue weighted by Crippen LogP contribution is 2.40. The van der Waals surface area contributed by atoms with Gasteiger partial charge in [-0.2, -0.15) is 0 Å². The quantitative estimate of drug-likeness (QED) is 0.670. The number of benzene rings is 1. The molecule has 0 aliphatic carbocycles. The smallest absolute Gasteiger partial charge is 0.0863 e. The third-order valence-electron chi connectivity index (χ3n) is 3.55. The van der Waals surface area contributed by atoms with E-state index in [0.29, 0.717) is 5.92 Å². The molecule has 74 valence electrons. The molecule has 2 atom stereocenters. The van der Waals surface area contributed by atoms with Crippen LogP contribution in [0.15, 0.2) is 24.3 Å². The van der Waals surface area contributed by atoms with E-state index in [-0.39, 0.29) is 5.60 Å². The standard InChI is InChI=1S/C12H15NO/c1-12-8-13-6-11(12)10-5-3-2-4-9(10)7-14-12/h2-5,11,13H,6-8H2,1H3. The van der Waals surface area contributed by atoms with Crippen molar-refractivity contribution in [3.8, 4) is 0 Å². The summed E-state index contributed by atoms with van der Waals surface area (Å²) in [5.41, 5.74) is 2.86. The van der Waals surface area contributed by atoms with Crippen LogP contribution >= 0.6 is 0 Å². The van der Waals surface area contributed by atoms with E-state index in [4.69, 9.17) is 4.74 Å². The first-order valence-corrected chi connectivity index (χ1v) is 5.22. The molecule has 14 heavy (non-hydrogen) atoms. The Labute approximate surface area is 84.3 Å². The van der Waals surface area contributed by atoms with Crippen molar-refractivity contribution < 1.29 is 4.74 Å². The van der Waals surface area contributed by atoms with Gasteiger partial charge in [-0.05, 0) is 18.1 Å². The van der Waals surface area contributed by atoms with Gasteiger partial charge in [-0.1, -0.05) is 24.3 Å². The molecule has 0 spiro atoms. The molecule has 3 rings (SSSR count). The zero-order chi connectivity index (χ0) is 9.60. The van der Waals surface area contributed by atoms with Crippen LogP contribution in [0.25, 0.3) is 0 Å². The van der Waals surface area contributed by atoms with E-state index >= 15 is 0 Å². The number of ether oxygens (including phenoxy) is 1. The van der Waals surface area contributed by atoms with Crippen molar-refractivity contribution >= 4 is 0 Å². The van der Waals surface area contributed by atoms with E-state index in [9.17, 15) is 0 Å². The summed E-state index contributed by atoms with van der Waals surface area (Å²) in [5.74, 6) is 0.535. The van der Waals surface area contributed by atoms with Crippen LogP contribution in [0.4, 0.5) is 0 Å². The summed E-state index contributed by atoms with van der Waals surface area (Å²) in [6.45, 7) is 5.01. The fourth-order valence-electron chi connectivity index (χ4n) is 2.64. The summed E-state index contributed by atoms with van der Waals surface area (Å²) in [5, 5.41) is 3.42. The molecule has 0 aromatic heterocycles. The Balaban J connectivity index is 2.10. The Kier molecular flexibility index (Phi) is 1.70. The topological polar surface area (TPSA) is 21.3 Å². The minimum absolute atomic E-state index is 0.0222. The molecule has 2 unspecified atom stereocenters. The summed E-state index contributed by atoms with van der Waals surface area (Å²) < 4.78 is 5.95. The second kappa shape index (κ2) is 2.81. The van der Waals surface area contributed by atoms with Crippen LogP contribution in [-0.2, 0) is 11.3 Å². The SMILES string of the molecule is CC12CNCC1c1ccccc1CO2. The Hall–Kier alpha value is -0.860. The molecule has 2 heterocycles. The van der Waals surface area contributed by atoms with Crippen molar-refractivity contribution in [2.75, 3.05) is 13.1 Å². The van der Waals surface area contributed by atoms with Crippen molar-refractivity contribution in [1.82, 2.24) is 5.32 Å². The largest absolute Gasteiger partial charge is 0.369 e. The Morgan fingerprint density at radius 1 is 1.43 bits per heavy atom. The molecule has 0 radical (unpaired) electrons. The maximum Gasteiger partial charge on any atom is 0.0863 e. The van der Waals surface area contributed by atoms with Gasteiger partial charge in [0.1, 0.15) is 0 Å². The maximum atomic E-state index is 5.95. The van der Waals surface area contributed by atoms with E-state index in [0.717, 1.165) is 19.7 Å². The average molecular weight is 189 g/mol. The summed E-state index contributed by atoms with van der Waals surface area (Å²) >= 11 is 0. The first kappa shape index (κ1) is 8.45. The summed E-state index contributed by atoms with van der Waals surface area (Å²) in [7, 11) is 0. The Bertz CT molecular complexity index is 363. The summed E-state index contributed by atoms with van der Waals surface area (Å²) in [4.78, 5) is 0. The number of rotatable bonds is 0. The molecule has 0 saturated carbocycles. The van der Waals surface area contributed by atoms with Crippen molar-refractivity contribution in [3.05, 3.63) is 35.4 Å². The third-order valence-corrected chi connectivity index (χ3v) is 3.55. The van der Waals surface area contributed by atoms with Crippen LogP contribution in [0.1, 0.15) is 24.0 Å². The van der Waals surface area contributed by atoms with Crippen LogP contribution in [0.5, 0.6) is 0 Å². The van der Waals surface area contributed by atoms with Crippen LogP contribution < -0.4 is 5.32 Å². The monoisotopic (exact) mass is 189 g/mol. The van der Waals surface area contributed by atoms with E-state index in [1.54, 1.807) is 0 Å². The Morgan fingerprint density at radius 3 is 3.21 bits per heavy atom. The van der Waals surface area contributed by atoms with Gasteiger partial charge < -0.3 is 10.1 Å². The van der Waals surface area contributed by atoms with Gasteiger partial charge in [-0.3, -0.25) is 0 Å². The maximum absolute atomic E-state index is 5.95. The highest BCUT2D eigenvalue weighted by atomic mass is 16.5. The predicted molar refractivity (Wildman–Crippen MR) is 55.2 cm³/mol. The predicted octanol–water partition coefficient (Wildman–Crippen LogP) is 1.66. The van der Waals surface area contributed by atoms with Gasteiger partial charge in [-0.25, -0.2) is 0 Å². The van der Waals surface area contributed by atoms with Crippen LogP contribution in [0, 0.1) is 0 Å². The van der Waals surface area contributed by atoms with E-state index < -0.39 is 0 Å². The van der Waals surface area contributed by atoms with Crippen molar-refractivity contribution in [2.24, 2.45) is 0 Å². The molecular weight excluding hydrogens is 174 g/mol. The normalized spacial score (nSPS) is 35.1. The van der Waals surface area contributed by atoms with Crippen LogP contribution in [-0.4, -0.2) is 18.7 Å². The lowest BCUT2D eigenvalue weighted by atomic mass is 9.82. The molecule has 0 bridgehead atoms. The zero-order valence-electron chi connectivity index (χ0n) is 8.42. The lowest BCUT2D eigenvalue weighted by molar-refractivity contribution is -0.0517. The van der Waals surface area contributed by atoms with E-state index in [2.05, 4.69) is 36.5 Å². The minimum Gasteiger partial charge on any atom is -0.369 e. The molecular formula is C12H15NO. The van der Waals surface area contributed by atoms with E-state index in [1.807, 2.05) is 0 Å². The second-order valence-electron chi connectivity index (χ2n) is 4.48. The molecule has 0 amide bonds. The number of fused-ring (bicyclic) bond motifs is 3. The van der Waals surface area contributed by atoms with E-state index in [1.165, 1.54) is 11.1 Å². The minimum atomic E-state index is 0.0222. The van der Waals surface area contributed by atoms with Gasteiger partial charge in [0.05, 0.1) is 12.2 Å². The summed E-state index contributed by atoms with van der Waals surface area (Å²) in [6, 6.07) is 8.64. The number of hydrogen-bond donors (Lipinski definition) is 1. The van der Waals surface area contributed by atoms with Crippen LogP contribution in [0.3, 0.4) is 0 Å². The third kappa shape index (κ3) is 1.04. The lowest BCUT2D eigenvalue weighted by Crippen LogP contribution is -2.39. The van der Waals surface area contributed by atoms with Crippen molar-refractivity contribution in [1.29, 1.82) is 0 Å². The molecule has 1 fully saturated rings. The molecule has 1 N–H and O–H groups in total. The van der Waals surface area contributed by atoms with Crippen LogP contribution in [0.2, 0.25) is 0 Å². The van der Waals surface area contributed by atoms with Gasteiger partial charge in [0.15, 0.2) is 0 Å². The first-order chi connectivity index (χ1) is 6.80. The Morgan fingerprint density at radius 2 is 2.29 bits per heavy atom. The van der Waals surface area contributed by atoms with Crippen molar-refractivity contribution in [3.63, 3.8) is 0 Å². The van der Waals surface area contributed by atoms with Crippen molar-refractivity contribution in [2.45, 2.75) is 25.0 Å². The second-order valence-corrected chi connectivity index (χ2v) is 4.48. The van der Waals surface area contributed by atoms with Gasteiger partial charge in [0.25, 0.3) is 0 Å². The highest BCUT2D eigenvalue weighted by molar-refractivity contribution is 5.35.